The SMILES string of the molecule is CCCNc1cc(COc2cc(F)cc(F)c2)ccn1. The van der Waals surface area contributed by atoms with Gasteiger partial charge in [-0.2, -0.15) is 0 Å². The van der Waals surface area contributed by atoms with Crippen LogP contribution in [-0.2, 0) is 6.61 Å². The number of halogens is 2. The molecule has 0 aliphatic rings. The van der Waals surface area contributed by atoms with Crippen molar-refractivity contribution in [1.82, 2.24) is 4.98 Å². The lowest BCUT2D eigenvalue weighted by molar-refractivity contribution is 0.302. The predicted octanol–water partition coefficient (Wildman–Crippen LogP) is 3.76. The Morgan fingerprint density at radius 1 is 1.15 bits per heavy atom. The lowest BCUT2D eigenvalue weighted by Crippen LogP contribution is -2.03. The van der Waals surface area contributed by atoms with Gasteiger partial charge in [-0.1, -0.05) is 6.92 Å². The van der Waals surface area contributed by atoms with E-state index in [1.807, 2.05) is 6.07 Å². The molecule has 0 atom stereocenters. The fraction of sp³-hybridized carbons (Fsp3) is 0.267. The number of nitrogens with one attached hydrogen (secondary N) is 1. The van der Waals surface area contributed by atoms with Crippen molar-refractivity contribution in [2.75, 3.05) is 11.9 Å². The third-order valence-corrected chi connectivity index (χ3v) is 2.62. The van der Waals surface area contributed by atoms with E-state index in [-0.39, 0.29) is 12.4 Å². The maximum atomic E-state index is 13.0. The number of nitrogens with zero attached hydrogens (tertiary/aromatic N) is 1. The average molecular weight is 278 g/mol. The van der Waals surface area contributed by atoms with E-state index in [1.165, 1.54) is 0 Å². The summed E-state index contributed by atoms with van der Waals surface area (Å²) in [6, 6.07) is 6.77. The lowest BCUT2D eigenvalue weighted by Gasteiger charge is -2.08. The van der Waals surface area contributed by atoms with Crippen LogP contribution in [0, 0.1) is 11.6 Å². The van der Waals surface area contributed by atoms with E-state index in [9.17, 15) is 8.78 Å². The molecule has 0 bridgehead atoms. The number of aromatic nitrogens is 1. The second-order valence-corrected chi connectivity index (χ2v) is 4.37. The zero-order valence-corrected chi connectivity index (χ0v) is 11.2. The van der Waals surface area contributed by atoms with Crippen LogP contribution >= 0.6 is 0 Å². The number of hydrogen-bond acceptors (Lipinski definition) is 3. The van der Waals surface area contributed by atoms with Crippen LogP contribution < -0.4 is 10.1 Å². The van der Waals surface area contributed by atoms with Gasteiger partial charge in [0.25, 0.3) is 0 Å². The van der Waals surface area contributed by atoms with E-state index < -0.39 is 11.6 Å². The molecule has 0 fully saturated rings. The fourth-order valence-electron chi connectivity index (χ4n) is 1.69. The smallest absolute Gasteiger partial charge is 0.129 e. The van der Waals surface area contributed by atoms with Gasteiger partial charge in [0, 0.05) is 30.9 Å². The number of rotatable bonds is 6. The highest BCUT2D eigenvalue weighted by Gasteiger charge is 2.03. The molecular formula is C15H16F2N2O. The van der Waals surface area contributed by atoms with Gasteiger partial charge in [-0.3, -0.25) is 0 Å². The molecule has 2 aromatic rings. The van der Waals surface area contributed by atoms with Gasteiger partial charge in [0.15, 0.2) is 0 Å². The topological polar surface area (TPSA) is 34.1 Å². The molecule has 0 radical (unpaired) electrons. The molecule has 3 nitrogen and oxygen atoms in total. The van der Waals surface area contributed by atoms with Crippen molar-refractivity contribution < 1.29 is 13.5 Å². The standard InChI is InChI=1S/C15H16F2N2O/c1-2-4-18-15-6-11(3-5-19-15)10-20-14-8-12(16)7-13(17)9-14/h3,5-9H,2,4,10H2,1H3,(H,18,19). The quantitative estimate of drug-likeness (QED) is 0.873. The van der Waals surface area contributed by atoms with Crippen molar-refractivity contribution in [3.8, 4) is 5.75 Å². The normalized spacial score (nSPS) is 10.3. The minimum absolute atomic E-state index is 0.169. The highest BCUT2D eigenvalue weighted by molar-refractivity contribution is 5.37. The number of anilines is 1. The van der Waals surface area contributed by atoms with Crippen LogP contribution in [0.5, 0.6) is 5.75 Å². The van der Waals surface area contributed by atoms with Gasteiger partial charge in [-0.05, 0) is 24.1 Å². The Labute approximate surface area is 116 Å². The van der Waals surface area contributed by atoms with Crippen LogP contribution in [0.1, 0.15) is 18.9 Å². The maximum Gasteiger partial charge on any atom is 0.129 e. The molecule has 0 saturated heterocycles. The van der Waals surface area contributed by atoms with Crippen molar-refractivity contribution in [2.45, 2.75) is 20.0 Å². The number of ether oxygens (including phenoxy) is 1. The largest absolute Gasteiger partial charge is 0.489 e. The highest BCUT2D eigenvalue weighted by Crippen LogP contribution is 2.17. The third-order valence-electron chi connectivity index (χ3n) is 2.62. The zero-order chi connectivity index (χ0) is 14.4. The van der Waals surface area contributed by atoms with E-state index in [0.29, 0.717) is 0 Å². The summed E-state index contributed by atoms with van der Waals surface area (Å²) >= 11 is 0. The van der Waals surface area contributed by atoms with Gasteiger partial charge in [0.2, 0.25) is 0 Å². The first-order chi connectivity index (χ1) is 9.67. The first-order valence-electron chi connectivity index (χ1n) is 6.45. The zero-order valence-electron chi connectivity index (χ0n) is 11.2. The van der Waals surface area contributed by atoms with Crippen molar-refractivity contribution in [1.29, 1.82) is 0 Å². The summed E-state index contributed by atoms with van der Waals surface area (Å²) in [5.41, 5.74) is 0.878. The highest BCUT2D eigenvalue weighted by atomic mass is 19.1. The van der Waals surface area contributed by atoms with Gasteiger partial charge in [0.1, 0.15) is 29.8 Å². The van der Waals surface area contributed by atoms with Crippen LogP contribution in [0.25, 0.3) is 0 Å². The van der Waals surface area contributed by atoms with E-state index in [1.54, 1.807) is 12.3 Å². The molecular weight excluding hydrogens is 262 g/mol. The Morgan fingerprint density at radius 3 is 2.60 bits per heavy atom. The molecule has 106 valence electrons. The van der Waals surface area contributed by atoms with Gasteiger partial charge >= 0.3 is 0 Å². The van der Waals surface area contributed by atoms with Crippen LogP contribution in [0.3, 0.4) is 0 Å². The van der Waals surface area contributed by atoms with Gasteiger partial charge in [-0.25, -0.2) is 13.8 Å². The molecule has 1 N–H and O–H groups in total. The van der Waals surface area contributed by atoms with Gasteiger partial charge in [-0.15, -0.1) is 0 Å². The van der Waals surface area contributed by atoms with Crippen LogP contribution in [0.4, 0.5) is 14.6 Å². The number of hydrogen-bond donors (Lipinski definition) is 1. The number of benzene rings is 1. The fourth-order valence-corrected chi connectivity index (χ4v) is 1.69. The molecule has 0 aliphatic carbocycles. The second kappa shape index (κ2) is 6.84. The molecule has 0 spiro atoms. The number of pyridine rings is 1. The summed E-state index contributed by atoms with van der Waals surface area (Å²) in [4.78, 5) is 4.17. The summed E-state index contributed by atoms with van der Waals surface area (Å²) in [6.07, 6.45) is 2.67. The lowest BCUT2D eigenvalue weighted by atomic mass is 10.2. The van der Waals surface area contributed by atoms with Crippen molar-refractivity contribution in [3.63, 3.8) is 0 Å². The third kappa shape index (κ3) is 4.19. The Bertz CT molecular complexity index is 555. The summed E-state index contributed by atoms with van der Waals surface area (Å²) in [6.45, 7) is 3.14. The molecule has 0 saturated carbocycles. The molecule has 0 amide bonds. The maximum absolute atomic E-state index is 13.0. The summed E-state index contributed by atoms with van der Waals surface area (Å²) in [5.74, 6) is -0.374. The molecule has 5 heteroatoms. The van der Waals surface area contributed by atoms with E-state index in [4.69, 9.17) is 4.74 Å². The average Bonchev–Trinajstić information content (AvgIpc) is 2.42. The van der Waals surface area contributed by atoms with E-state index in [2.05, 4.69) is 17.2 Å². The molecule has 20 heavy (non-hydrogen) atoms. The van der Waals surface area contributed by atoms with Gasteiger partial charge < -0.3 is 10.1 Å². The van der Waals surface area contributed by atoms with Crippen molar-refractivity contribution in [2.24, 2.45) is 0 Å². The molecule has 2 rings (SSSR count). The predicted molar refractivity (Wildman–Crippen MR) is 73.7 cm³/mol. The van der Waals surface area contributed by atoms with Crippen molar-refractivity contribution in [3.05, 3.63) is 53.7 Å². The summed E-state index contributed by atoms with van der Waals surface area (Å²) < 4.78 is 31.4. The minimum atomic E-state index is -0.653. The first kappa shape index (κ1) is 14.2. The molecule has 1 aromatic carbocycles. The Balaban J connectivity index is 1.99. The summed E-state index contributed by atoms with van der Waals surface area (Å²) in [5, 5.41) is 3.16. The Hall–Kier alpha value is -2.17. The van der Waals surface area contributed by atoms with E-state index in [0.717, 1.165) is 42.5 Å². The van der Waals surface area contributed by atoms with Crippen LogP contribution in [-0.4, -0.2) is 11.5 Å². The minimum Gasteiger partial charge on any atom is -0.489 e. The second-order valence-electron chi connectivity index (χ2n) is 4.37. The Kier molecular flexibility index (Phi) is 4.87. The van der Waals surface area contributed by atoms with Crippen LogP contribution in [0.15, 0.2) is 36.5 Å². The first-order valence-corrected chi connectivity index (χ1v) is 6.45. The Morgan fingerprint density at radius 2 is 1.90 bits per heavy atom. The summed E-state index contributed by atoms with van der Waals surface area (Å²) in [7, 11) is 0. The monoisotopic (exact) mass is 278 g/mol. The van der Waals surface area contributed by atoms with E-state index >= 15 is 0 Å². The van der Waals surface area contributed by atoms with Crippen molar-refractivity contribution >= 4 is 5.82 Å². The van der Waals surface area contributed by atoms with Gasteiger partial charge in [0.05, 0.1) is 0 Å². The molecule has 0 aliphatic heterocycles. The molecule has 1 heterocycles. The molecule has 0 unspecified atom stereocenters. The van der Waals surface area contributed by atoms with Crippen LogP contribution in [0.2, 0.25) is 0 Å². The molecule has 1 aromatic heterocycles.